The summed E-state index contributed by atoms with van der Waals surface area (Å²) in [4.78, 5) is 23.9. The van der Waals surface area contributed by atoms with Crippen LogP contribution in [-0.4, -0.2) is 33.1 Å². The van der Waals surface area contributed by atoms with Crippen molar-refractivity contribution < 1.29 is 23.8 Å². The van der Waals surface area contributed by atoms with E-state index >= 15 is 0 Å². The zero-order valence-electron chi connectivity index (χ0n) is 15.4. The first kappa shape index (κ1) is 19.5. The molecule has 0 atom stereocenters. The highest BCUT2D eigenvalue weighted by Crippen LogP contribution is 2.40. The summed E-state index contributed by atoms with van der Waals surface area (Å²) in [6.07, 6.45) is 1.07. The predicted molar refractivity (Wildman–Crippen MR) is 98.7 cm³/mol. The fourth-order valence-electron chi connectivity index (χ4n) is 3.10. The number of methoxy groups -OCH3 is 2. The third kappa shape index (κ3) is 4.23. The molecule has 2 aromatic rings. The average molecular weight is 356 g/mol. The SMILES string of the molecule is CCOC(=O)CC(CC=O)(c1ccc(OC)cc1)c1ccc(OC)cc1. The van der Waals surface area contributed by atoms with Crippen molar-refractivity contribution in [3.8, 4) is 11.5 Å². The fraction of sp³-hybridized carbons (Fsp3) is 0.333. The number of esters is 1. The molecule has 26 heavy (non-hydrogen) atoms. The van der Waals surface area contributed by atoms with Gasteiger partial charge in [-0.15, -0.1) is 0 Å². The Balaban J connectivity index is 2.57. The molecule has 2 aromatic carbocycles. The first-order valence-corrected chi connectivity index (χ1v) is 8.48. The van der Waals surface area contributed by atoms with E-state index in [2.05, 4.69) is 0 Å². The standard InChI is InChI=1S/C21H24O5/c1-4-26-20(23)15-21(13-14-22,16-5-9-18(24-2)10-6-16)17-7-11-19(25-3)12-8-17/h5-12,14H,4,13,15H2,1-3H3. The Hall–Kier alpha value is -2.82. The number of carbonyl (C=O) groups excluding carboxylic acids is 2. The summed E-state index contributed by atoms with van der Waals surface area (Å²) in [5, 5.41) is 0. The third-order valence-corrected chi connectivity index (χ3v) is 4.47. The Morgan fingerprint density at radius 1 is 0.923 bits per heavy atom. The van der Waals surface area contributed by atoms with Crippen LogP contribution in [0.1, 0.15) is 30.9 Å². The monoisotopic (exact) mass is 356 g/mol. The largest absolute Gasteiger partial charge is 0.497 e. The molecule has 0 aliphatic carbocycles. The maximum absolute atomic E-state index is 12.3. The van der Waals surface area contributed by atoms with Crippen molar-refractivity contribution in [1.82, 2.24) is 0 Å². The van der Waals surface area contributed by atoms with E-state index in [-0.39, 0.29) is 18.8 Å². The van der Waals surface area contributed by atoms with Crippen molar-refractivity contribution in [1.29, 1.82) is 0 Å². The number of hydrogen-bond acceptors (Lipinski definition) is 5. The molecule has 0 fully saturated rings. The first-order chi connectivity index (χ1) is 12.6. The maximum atomic E-state index is 12.3. The van der Waals surface area contributed by atoms with E-state index < -0.39 is 5.41 Å². The normalized spacial score (nSPS) is 10.9. The summed E-state index contributed by atoms with van der Waals surface area (Å²) in [5.74, 6) is 1.07. The zero-order valence-corrected chi connectivity index (χ0v) is 15.4. The van der Waals surface area contributed by atoms with Crippen molar-refractivity contribution in [2.75, 3.05) is 20.8 Å². The third-order valence-electron chi connectivity index (χ3n) is 4.47. The second kappa shape index (κ2) is 9.04. The van der Waals surface area contributed by atoms with Crippen LogP contribution in [0.15, 0.2) is 48.5 Å². The molecule has 0 saturated carbocycles. The summed E-state index contributed by atoms with van der Waals surface area (Å²) in [6.45, 7) is 2.06. The zero-order chi connectivity index (χ0) is 19.0. The van der Waals surface area contributed by atoms with E-state index in [1.165, 1.54) is 0 Å². The molecule has 0 aliphatic heterocycles. The number of benzene rings is 2. The number of carbonyl (C=O) groups is 2. The van der Waals surface area contributed by atoms with E-state index in [1.54, 1.807) is 21.1 Å². The van der Waals surface area contributed by atoms with Gasteiger partial charge < -0.3 is 19.0 Å². The topological polar surface area (TPSA) is 61.8 Å². The molecule has 5 heteroatoms. The van der Waals surface area contributed by atoms with Crippen molar-refractivity contribution in [2.45, 2.75) is 25.2 Å². The molecule has 0 bridgehead atoms. The van der Waals surface area contributed by atoms with Gasteiger partial charge in [0.25, 0.3) is 0 Å². The predicted octanol–water partition coefficient (Wildman–Crippen LogP) is 3.53. The van der Waals surface area contributed by atoms with Crippen molar-refractivity contribution in [3.05, 3.63) is 59.7 Å². The van der Waals surface area contributed by atoms with E-state index in [9.17, 15) is 9.59 Å². The lowest BCUT2D eigenvalue weighted by Crippen LogP contribution is -2.32. The smallest absolute Gasteiger partial charge is 0.307 e. The van der Waals surface area contributed by atoms with Gasteiger partial charge in [0.2, 0.25) is 0 Å². The minimum absolute atomic E-state index is 0.0677. The number of rotatable bonds is 9. The van der Waals surface area contributed by atoms with Crippen LogP contribution in [0, 0.1) is 0 Å². The Bertz CT molecular complexity index is 672. The lowest BCUT2D eigenvalue weighted by atomic mass is 9.70. The molecular formula is C21H24O5. The highest BCUT2D eigenvalue weighted by Gasteiger charge is 2.37. The molecule has 2 rings (SSSR count). The highest BCUT2D eigenvalue weighted by atomic mass is 16.5. The number of ether oxygens (including phenoxy) is 3. The fourth-order valence-corrected chi connectivity index (χ4v) is 3.10. The minimum Gasteiger partial charge on any atom is -0.497 e. The van der Waals surface area contributed by atoms with Crippen LogP contribution in [-0.2, 0) is 19.7 Å². The van der Waals surface area contributed by atoms with Gasteiger partial charge in [0.15, 0.2) is 0 Å². The Kier molecular flexibility index (Phi) is 6.78. The molecule has 0 amide bonds. The molecule has 0 spiro atoms. The van der Waals surface area contributed by atoms with Crippen molar-refractivity contribution in [2.24, 2.45) is 0 Å². The lowest BCUT2D eigenvalue weighted by molar-refractivity contribution is -0.144. The van der Waals surface area contributed by atoms with Crippen molar-refractivity contribution in [3.63, 3.8) is 0 Å². The van der Waals surface area contributed by atoms with Gasteiger partial charge in [0, 0.05) is 11.8 Å². The van der Waals surface area contributed by atoms with Crippen LogP contribution in [0.5, 0.6) is 11.5 Å². The molecule has 138 valence electrons. The summed E-state index contributed by atoms with van der Waals surface area (Å²) in [6, 6.07) is 14.8. The van der Waals surface area contributed by atoms with E-state index in [1.807, 2.05) is 48.5 Å². The second-order valence-corrected chi connectivity index (χ2v) is 5.89. The molecule has 0 heterocycles. The molecule has 0 unspecified atom stereocenters. The molecule has 0 aromatic heterocycles. The first-order valence-electron chi connectivity index (χ1n) is 8.48. The van der Waals surface area contributed by atoms with Crippen LogP contribution in [0.4, 0.5) is 0 Å². The Morgan fingerprint density at radius 2 is 1.38 bits per heavy atom. The van der Waals surface area contributed by atoms with Gasteiger partial charge >= 0.3 is 5.97 Å². The van der Waals surface area contributed by atoms with Gasteiger partial charge in [-0.1, -0.05) is 24.3 Å². The lowest BCUT2D eigenvalue weighted by Gasteiger charge is -2.33. The van der Waals surface area contributed by atoms with Gasteiger partial charge in [0.05, 0.1) is 27.2 Å². The van der Waals surface area contributed by atoms with E-state index in [0.717, 1.165) is 17.4 Å². The molecule has 0 saturated heterocycles. The highest BCUT2D eigenvalue weighted by molar-refractivity contribution is 5.74. The van der Waals surface area contributed by atoms with Crippen LogP contribution in [0.2, 0.25) is 0 Å². The molecule has 0 N–H and O–H groups in total. The second-order valence-electron chi connectivity index (χ2n) is 5.89. The summed E-state index contributed by atoms with van der Waals surface area (Å²) in [5.41, 5.74) is 0.888. The van der Waals surface area contributed by atoms with Gasteiger partial charge in [-0.3, -0.25) is 4.79 Å². The molecule has 0 aliphatic rings. The maximum Gasteiger partial charge on any atom is 0.307 e. The van der Waals surface area contributed by atoms with Crippen molar-refractivity contribution >= 4 is 12.3 Å². The van der Waals surface area contributed by atoms with Gasteiger partial charge in [-0.05, 0) is 42.3 Å². The summed E-state index contributed by atoms with van der Waals surface area (Å²) < 4.78 is 15.6. The van der Waals surface area contributed by atoms with E-state index in [0.29, 0.717) is 18.1 Å². The molecule has 5 nitrogen and oxygen atoms in total. The van der Waals surface area contributed by atoms with Crippen LogP contribution in [0.3, 0.4) is 0 Å². The van der Waals surface area contributed by atoms with Crippen LogP contribution < -0.4 is 9.47 Å². The number of hydrogen-bond donors (Lipinski definition) is 0. The Morgan fingerprint density at radius 3 is 1.73 bits per heavy atom. The average Bonchev–Trinajstić information content (AvgIpc) is 2.68. The van der Waals surface area contributed by atoms with Gasteiger partial charge in [-0.25, -0.2) is 0 Å². The van der Waals surface area contributed by atoms with Gasteiger partial charge in [-0.2, -0.15) is 0 Å². The molecular weight excluding hydrogens is 332 g/mol. The quantitative estimate of drug-likeness (QED) is 0.508. The van der Waals surface area contributed by atoms with E-state index in [4.69, 9.17) is 14.2 Å². The van der Waals surface area contributed by atoms with Crippen LogP contribution >= 0.6 is 0 Å². The number of aldehydes is 1. The summed E-state index contributed by atoms with van der Waals surface area (Å²) in [7, 11) is 3.19. The molecule has 0 radical (unpaired) electrons. The summed E-state index contributed by atoms with van der Waals surface area (Å²) >= 11 is 0. The Labute approximate surface area is 153 Å². The van der Waals surface area contributed by atoms with Crippen LogP contribution in [0.25, 0.3) is 0 Å². The van der Waals surface area contributed by atoms with Gasteiger partial charge in [0.1, 0.15) is 17.8 Å². The minimum atomic E-state index is -0.813.